The normalized spacial score (nSPS) is 14.9. The van der Waals surface area contributed by atoms with Crippen LogP contribution in [0.1, 0.15) is 12.8 Å². The first-order valence-electron chi connectivity index (χ1n) is 7.77. The fourth-order valence-electron chi connectivity index (χ4n) is 3.45. The summed E-state index contributed by atoms with van der Waals surface area (Å²) >= 11 is 6.36. The van der Waals surface area contributed by atoms with E-state index in [1.165, 1.54) is 11.2 Å². The van der Waals surface area contributed by atoms with Crippen molar-refractivity contribution in [3.8, 4) is 0 Å². The smallest absolute Gasteiger partial charge is 0.220 e. The van der Waals surface area contributed by atoms with Crippen molar-refractivity contribution in [2.24, 2.45) is 0 Å². The number of fused-ring (bicyclic) bond motifs is 5. The first-order valence-corrected chi connectivity index (χ1v) is 8.14. The molecule has 5 rings (SSSR count). The van der Waals surface area contributed by atoms with Crippen molar-refractivity contribution in [1.29, 1.82) is 0 Å². The van der Waals surface area contributed by atoms with Gasteiger partial charge in [-0.1, -0.05) is 42.0 Å². The average molecular weight is 320 g/mol. The molecule has 1 aliphatic carbocycles. The number of allylic oxidation sites excluding steroid dienone is 4. The number of rotatable bonds is 1. The van der Waals surface area contributed by atoms with Gasteiger partial charge in [0.25, 0.3) is 0 Å². The maximum atomic E-state index is 6.36. The summed E-state index contributed by atoms with van der Waals surface area (Å²) in [7, 11) is 0. The fourth-order valence-corrected chi connectivity index (χ4v) is 3.66. The Morgan fingerprint density at radius 3 is 2.61 bits per heavy atom. The molecule has 0 fully saturated rings. The lowest BCUT2D eigenvalue weighted by Crippen LogP contribution is -1.99. The zero-order valence-electron chi connectivity index (χ0n) is 12.4. The van der Waals surface area contributed by atoms with E-state index in [2.05, 4.69) is 57.5 Å². The Hall–Kier alpha value is -2.52. The Morgan fingerprint density at radius 1 is 0.957 bits per heavy atom. The third-order valence-electron chi connectivity index (χ3n) is 4.46. The second-order valence-electron chi connectivity index (χ2n) is 5.80. The molecule has 0 aliphatic heterocycles. The highest BCUT2D eigenvalue weighted by Crippen LogP contribution is 2.32. The van der Waals surface area contributed by atoms with Crippen molar-refractivity contribution in [2.45, 2.75) is 12.8 Å². The molecule has 4 heteroatoms. The summed E-state index contributed by atoms with van der Waals surface area (Å²) in [4.78, 5) is 4.86. The molecule has 2 aromatic heterocycles. The quantitative estimate of drug-likeness (QED) is 0.467. The van der Waals surface area contributed by atoms with Crippen LogP contribution in [-0.4, -0.2) is 14.0 Å². The zero-order valence-corrected chi connectivity index (χ0v) is 13.2. The minimum Gasteiger partial charge on any atom is -0.282 e. The number of hydrogen-bond acceptors (Lipinski definition) is 1. The summed E-state index contributed by atoms with van der Waals surface area (Å²) in [6.45, 7) is 0. The first kappa shape index (κ1) is 13.0. The molecule has 0 saturated carbocycles. The fraction of sp³-hybridized carbons (Fsp3) is 0.105. The van der Waals surface area contributed by atoms with Crippen LogP contribution in [-0.2, 0) is 0 Å². The largest absolute Gasteiger partial charge is 0.282 e. The molecule has 0 bridgehead atoms. The van der Waals surface area contributed by atoms with Gasteiger partial charge in [-0.05, 0) is 43.2 Å². The molecule has 0 radical (unpaired) electrons. The molecule has 0 N–H and O–H groups in total. The predicted molar refractivity (Wildman–Crippen MR) is 95.9 cm³/mol. The van der Waals surface area contributed by atoms with Crippen LogP contribution < -0.4 is 0 Å². The molecule has 3 nitrogen and oxygen atoms in total. The van der Waals surface area contributed by atoms with Crippen LogP contribution in [0.2, 0.25) is 5.02 Å². The molecule has 4 aromatic rings. The maximum absolute atomic E-state index is 6.36. The van der Waals surface area contributed by atoms with Crippen molar-refractivity contribution in [3.05, 3.63) is 65.7 Å². The van der Waals surface area contributed by atoms with Gasteiger partial charge < -0.3 is 0 Å². The van der Waals surface area contributed by atoms with Gasteiger partial charge in [-0.2, -0.15) is 0 Å². The predicted octanol–water partition coefficient (Wildman–Crippen LogP) is 5.29. The van der Waals surface area contributed by atoms with Gasteiger partial charge in [-0.15, -0.1) is 0 Å². The minimum atomic E-state index is 0.694. The van der Waals surface area contributed by atoms with Crippen LogP contribution in [0.5, 0.6) is 0 Å². The number of halogens is 1. The van der Waals surface area contributed by atoms with Gasteiger partial charge in [0.2, 0.25) is 5.78 Å². The standard InChI is InChI=1S/C19H14ClN3/c20-14-9-6-12-17-18(14)21-19-22(13-7-2-1-3-8-13)15-10-4-5-11-16(15)23(17)19/h1-2,4-7,9-12H,3,8H2. The average Bonchev–Trinajstić information content (AvgIpc) is 3.11. The highest BCUT2D eigenvalue weighted by atomic mass is 35.5. The van der Waals surface area contributed by atoms with E-state index in [0.29, 0.717) is 5.02 Å². The van der Waals surface area contributed by atoms with Crippen molar-refractivity contribution in [3.63, 3.8) is 0 Å². The van der Waals surface area contributed by atoms with Gasteiger partial charge in [0.1, 0.15) is 5.52 Å². The van der Waals surface area contributed by atoms with Gasteiger partial charge in [0.05, 0.1) is 21.6 Å². The molecule has 0 atom stereocenters. The van der Waals surface area contributed by atoms with E-state index in [9.17, 15) is 0 Å². The second kappa shape index (κ2) is 4.74. The van der Waals surface area contributed by atoms with E-state index in [1.807, 2.05) is 12.1 Å². The number of nitrogens with zero attached hydrogens (tertiary/aromatic N) is 3. The number of imidazole rings is 2. The molecule has 0 amide bonds. The number of hydrogen-bond donors (Lipinski definition) is 0. The molecule has 1 aliphatic rings. The summed E-state index contributed by atoms with van der Waals surface area (Å²) < 4.78 is 4.46. The summed E-state index contributed by atoms with van der Waals surface area (Å²) in [5.41, 5.74) is 5.51. The van der Waals surface area contributed by atoms with Gasteiger partial charge in [-0.3, -0.25) is 8.97 Å². The summed E-state index contributed by atoms with van der Waals surface area (Å²) in [5, 5.41) is 0.694. The lowest BCUT2D eigenvalue weighted by molar-refractivity contribution is 0.966. The Labute approximate surface area is 138 Å². The first-order chi connectivity index (χ1) is 11.3. The summed E-state index contributed by atoms with van der Waals surface area (Å²) in [6, 6.07) is 14.4. The van der Waals surface area contributed by atoms with Crippen LogP contribution in [0.3, 0.4) is 0 Å². The van der Waals surface area contributed by atoms with Crippen LogP contribution in [0.4, 0.5) is 0 Å². The third kappa shape index (κ3) is 1.74. The van der Waals surface area contributed by atoms with E-state index in [4.69, 9.17) is 16.6 Å². The number of para-hydroxylation sites is 3. The Balaban J connectivity index is 2.02. The molecular formula is C19H14ClN3. The van der Waals surface area contributed by atoms with Crippen molar-refractivity contribution in [1.82, 2.24) is 14.0 Å². The van der Waals surface area contributed by atoms with Crippen molar-refractivity contribution >= 4 is 45.1 Å². The Morgan fingerprint density at radius 2 is 1.78 bits per heavy atom. The molecule has 23 heavy (non-hydrogen) atoms. The molecular weight excluding hydrogens is 306 g/mol. The number of benzene rings is 2. The van der Waals surface area contributed by atoms with Crippen molar-refractivity contribution < 1.29 is 0 Å². The zero-order chi connectivity index (χ0) is 15.4. The van der Waals surface area contributed by atoms with E-state index in [0.717, 1.165) is 35.2 Å². The third-order valence-corrected chi connectivity index (χ3v) is 4.77. The van der Waals surface area contributed by atoms with Gasteiger partial charge in [0, 0.05) is 5.70 Å². The molecule has 0 unspecified atom stereocenters. The Kier molecular flexibility index (Phi) is 2.67. The van der Waals surface area contributed by atoms with E-state index in [-0.39, 0.29) is 0 Å². The summed E-state index contributed by atoms with van der Waals surface area (Å²) in [5.74, 6) is 0.927. The maximum Gasteiger partial charge on any atom is 0.220 e. The van der Waals surface area contributed by atoms with E-state index < -0.39 is 0 Å². The van der Waals surface area contributed by atoms with Crippen molar-refractivity contribution in [2.75, 3.05) is 0 Å². The highest BCUT2D eigenvalue weighted by molar-refractivity contribution is 6.35. The van der Waals surface area contributed by atoms with Gasteiger partial charge in [-0.25, -0.2) is 4.98 Å². The molecule has 0 saturated heterocycles. The second-order valence-corrected chi connectivity index (χ2v) is 6.21. The topological polar surface area (TPSA) is 22.2 Å². The van der Waals surface area contributed by atoms with Gasteiger partial charge in [0.15, 0.2) is 0 Å². The number of aromatic nitrogens is 3. The molecule has 0 spiro atoms. The highest BCUT2D eigenvalue weighted by Gasteiger charge is 2.18. The lowest BCUT2D eigenvalue weighted by Gasteiger charge is -2.11. The molecule has 2 heterocycles. The minimum absolute atomic E-state index is 0.694. The van der Waals surface area contributed by atoms with E-state index >= 15 is 0 Å². The molecule has 2 aromatic carbocycles. The lowest BCUT2D eigenvalue weighted by atomic mass is 10.1. The van der Waals surface area contributed by atoms with Crippen LogP contribution in [0, 0.1) is 0 Å². The van der Waals surface area contributed by atoms with Crippen LogP contribution >= 0.6 is 11.6 Å². The Bertz CT molecular complexity index is 1130. The van der Waals surface area contributed by atoms with Gasteiger partial charge >= 0.3 is 0 Å². The van der Waals surface area contributed by atoms with Crippen LogP contribution in [0.15, 0.2) is 60.7 Å². The van der Waals surface area contributed by atoms with Crippen LogP contribution in [0.25, 0.3) is 33.5 Å². The summed E-state index contributed by atoms with van der Waals surface area (Å²) in [6.07, 6.45) is 8.58. The SMILES string of the molecule is Clc1cccc2c1nc1n(C3=CC=CCC3)c3ccccc3n21. The monoisotopic (exact) mass is 319 g/mol. The van der Waals surface area contributed by atoms with E-state index in [1.54, 1.807) is 0 Å². The molecule has 112 valence electrons.